The maximum atomic E-state index is 12.7. The van der Waals surface area contributed by atoms with Crippen molar-refractivity contribution in [3.05, 3.63) is 35.4 Å². The molecule has 1 aliphatic rings. The van der Waals surface area contributed by atoms with Crippen LogP contribution in [0.2, 0.25) is 5.02 Å². The molecule has 1 N–H and O–H groups in total. The van der Waals surface area contributed by atoms with Gasteiger partial charge in [0.2, 0.25) is 0 Å². The molecule has 1 fully saturated rings. The highest BCUT2D eigenvalue weighted by atomic mass is 35.5. The molecule has 0 bridgehead atoms. The van der Waals surface area contributed by atoms with Crippen molar-refractivity contribution in [3.8, 4) is 5.75 Å². The molecule has 2 aromatic rings. The molecule has 7 nitrogen and oxygen atoms in total. The van der Waals surface area contributed by atoms with Gasteiger partial charge < -0.3 is 19.5 Å². The fraction of sp³-hybridized carbons (Fsp3) is 0.400. The van der Waals surface area contributed by atoms with E-state index in [0.717, 1.165) is 18.7 Å². The van der Waals surface area contributed by atoms with E-state index in [-0.39, 0.29) is 12.1 Å². The Labute approximate surface area is 139 Å². The standard InChI is InChI=1S/C15H18ClN5O2/c1-20-9-17-19-14(20)12-7-4-8-21(12)15(22)18-11-6-3-5-10(16)13(11)23-2/h3,5-6,9,12H,4,7-8H2,1-2H3,(H,18,22)/t12-/m1/s1. The molecule has 8 heteroatoms. The van der Waals surface area contributed by atoms with Crippen LogP contribution in [0.4, 0.5) is 10.5 Å². The number of anilines is 1. The van der Waals surface area contributed by atoms with Crippen molar-refractivity contribution in [2.75, 3.05) is 19.0 Å². The van der Waals surface area contributed by atoms with Crippen LogP contribution < -0.4 is 10.1 Å². The zero-order valence-electron chi connectivity index (χ0n) is 13.0. The lowest BCUT2D eigenvalue weighted by atomic mass is 10.2. The van der Waals surface area contributed by atoms with Crippen LogP contribution in [0.25, 0.3) is 0 Å². The Morgan fingerprint density at radius 2 is 2.30 bits per heavy atom. The number of carbonyl (C=O) groups excluding carboxylic acids is 1. The first-order chi connectivity index (χ1) is 11.1. The Morgan fingerprint density at radius 3 is 3.00 bits per heavy atom. The van der Waals surface area contributed by atoms with Gasteiger partial charge in [-0.15, -0.1) is 10.2 Å². The lowest BCUT2D eigenvalue weighted by Crippen LogP contribution is -2.35. The van der Waals surface area contributed by atoms with Gasteiger partial charge >= 0.3 is 6.03 Å². The molecule has 0 unspecified atom stereocenters. The minimum absolute atomic E-state index is 0.0762. The van der Waals surface area contributed by atoms with Gasteiger partial charge in [-0.3, -0.25) is 0 Å². The second-order valence-corrected chi connectivity index (χ2v) is 5.81. The third kappa shape index (κ3) is 2.96. The van der Waals surface area contributed by atoms with Crippen molar-refractivity contribution in [2.24, 2.45) is 7.05 Å². The molecular weight excluding hydrogens is 318 g/mol. The number of carbonyl (C=O) groups is 1. The second kappa shape index (κ2) is 6.45. The highest BCUT2D eigenvalue weighted by Crippen LogP contribution is 2.35. The zero-order chi connectivity index (χ0) is 16.4. The maximum absolute atomic E-state index is 12.7. The first-order valence-corrected chi connectivity index (χ1v) is 7.73. The minimum Gasteiger partial charge on any atom is -0.493 e. The number of urea groups is 1. The molecule has 0 radical (unpaired) electrons. The number of ether oxygens (including phenoxy) is 1. The number of hydrogen-bond acceptors (Lipinski definition) is 4. The summed E-state index contributed by atoms with van der Waals surface area (Å²) in [5, 5.41) is 11.4. The van der Waals surface area contributed by atoms with Crippen LogP contribution in [0.5, 0.6) is 5.75 Å². The van der Waals surface area contributed by atoms with Crippen molar-refractivity contribution in [2.45, 2.75) is 18.9 Å². The van der Waals surface area contributed by atoms with Gasteiger partial charge in [0.1, 0.15) is 6.33 Å². The maximum Gasteiger partial charge on any atom is 0.322 e. The second-order valence-electron chi connectivity index (χ2n) is 5.40. The van der Waals surface area contributed by atoms with Crippen LogP contribution in [0.3, 0.4) is 0 Å². The summed E-state index contributed by atoms with van der Waals surface area (Å²) in [7, 11) is 3.40. The SMILES string of the molecule is COc1c(Cl)cccc1NC(=O)N1CCC[C@@H]1c1nncn1C. The third-order valence-corrected chi connectivity index (χ3v) is 4.27. The lowest BCUT2D eigenvalue weighted by Gasteiger charge is -2.24. The lowest BCUT2D eigenvalue weighted by molar-refractivity contribution is 0.204. The van der Waals surface area contributed by atoms with Crippen LogP contribution in [0, 0.1) is 0 Å². The Balaban J connectivity index is 1.81. The Kier molecular flexibility index (Phi) is 4.38. The molecule has 1 atom stereocenters. The van der Waals surface area contributed by atoms with E-state index in [0.29, 0.717) is 23.0 Å². The van der Waals surface area contributed by atoms with E-state index in [4.69, 9.17) is 16.3 Å². The molecule has 1 aliphatic heterocycles. The number of nitrogens with one attached hydrogen (secondary N) is 1. The van der Waals surface area contributed by atoms with Gasteiger partial charge in [-0.1, -0.05) is 17.7 Å². The molecule has 2 heterocycles. The summed E-state index contributed by atoms with van der Waals surface area (Å²) in [5.41, 5.74) is 0.550. The average molecular weight is 336 g/mol. The number of hydrogen-bond donors (Lipinski definition) is 1. The smallest absolute Gasteiger partial charge is 0.322 e. The van der Waals surface area contributed by atoms with Gasteiger partial charge in [-0.25, -0.2) is 4.79 Å². The molecule has 1 saturated heterocycles. The number of aryl methyl sites for hydroxylation is 1. The highest BCUT2D eigenvalue weighted by molar-refractivity contribution is 6.32. The van der Waals surface area contributed by atoms with Gasteiger partial charge in [-0.05, 0) is 25.0 Å². The van der Waals surface area contributed by atoms with E-state index in [9.17, 15) is 4.79 Å². The van der Waals surface area contributed by atoms with Gasteiger partial charge in [-0.2, -0.15) is 0 Å². The first-order valence-electron chi connectivity index (χ1n) is 7.36. The van der Waals surface area contributed by atoms with Crippen molar-refractivity contribution >= 4 is 23.3 Å². The van der Waals surface area contributed by atoms with Crippen molar-refractivity contribution in [1.82, 2.24) is 19.7 Å². The fourth-order valence-corrected chi connectivity index (χ4v) is 3.13. The van der Waals surface area contributed by atoms with Crippen LogP contribution in [-0.2, 0) is 7.05 Å². The molecule has 0 aliphatic carbocycles. The summed E-state index contributed by atoms with van der Waals surface area (Å²) < 4.78 is 7.11. The molecule has 0 spiro atoms. The molecular formula is C15H18ClN5O2. The predicted molar refractivity (Wildman–Crippen MR) is 86.7 cm³/mol. The predicted octanol–water partition coefficient (Wildman–Crippen LogP) is 2.85. The highest BCUT2D eigenvalue weighted by Gasteiger charge is 2.33. The average Bonchev–Trinajstić information content (AvgIpc) is 3.15. The van der Waals surface area contributed by atoms with Gasteiger partial charge in [0.15, 0.2) is 11.6 Å². The number of benzene rings is 1. The summed E-state index contributed by atoms with van der Waals surface area (Å²) in [6.07, 6.45) is 3.44. The van der Waals surface area contributed by atoms with E-state index in [2.05, 4.69) is 15.5 Å². The topological polar surface area (TPSA) is 72.3 Å². The minimum atomic E-state index is -0.198. The summed E-state index contributed by atoms with van der Waals surface area (Å²) in [5.74, 6) is 1.24. The first kappa shape index (κ1) is 15.6. The summed E-state index contributed by atoms with van der Waals surface area (Å²) in [6, 6.07) is 4.97. The van der Waals surface area contributed by atoms with Crippen LogP contribution in [0.1, 0.15) is 24.7 Å². The zero-order valence-corrected chi connectivity index (χ0v) is 13.7. The van der Waals surface area contributed by atoms with Gasteiger partial charge in [0.25, 0.3) is 0 Å². The largest absolute Gasteiger partial charge is 0.493 e. The number of aromatic nitrogens is 3. The molecule has 122 valence electrons. The van der Waals surface area contributed by atoms with E-state index < -0.39 is 0 Å². The molecule has 1 aromatic carbocycles. The van der Waals surface area contributed by atoms with Crippen molar-refractivity contribution < 1.29 is 9.53 Å². The molecule has 2 amide bonds. The van der Waals surface area contributed by atoms with Gasteiger partial charge in [0, 0.05) is 13.6 Å². The van der Waals surface area contributed by atoms with Crippen LogP contribution in [0.15, 0.2) is 24.5 Å². The number of nitrogens with zero attached hydrogens (tertiary/aromatic N) is 4. The quantitative estimate of drug-likeness (QED) is 0.936. The third-order valence-electron chi connectivity index (χ3n) is 3.97. The normalized spacial score (nSPS) is 17.3. The Bertz CT molecular complexity index is 718. The molecule has 0 saturated carbocycles. The Hall–Kier alpha value is -2.28. The summed E-state index contributed by atoms with van der Waals surface area (Å²) >= 11 is 6.09. The van der Waals surface area contributed by atoms with Crippen LogP contribution in [-0.4, -0.2) is 39.4 Å². The number of rotatable bonds is 3. The van der Waals surface area contributed by atoms with E-state index >= 15 is 0 Å². The number of para-hydroxylation sites is 1. The van der Waals surface area contributed by atoms with E-state index in [1.54, 1.807) is 29.4 Å². The molecule has 23 heavy (non-hydrogen) atoms. The van der Waals surface area contributed by atoms with E-state index in [1.165, 1.54) is 7.11 Å². The fourth-order valence-electron chi connectivity index (χ4n) is 2.87. The summed E-state index contributed by atoms with van der Waals surface area (Å²) in [4.78, 5) is 14.4. The van der Waals surface area contributed by atoms with Crippen LogP contribution >= 0.6 is 11.6 Å². The Morgan fingerprint density at radius 1 is 1.48 bits per heavy atom. The number of amides is 2. The molecule has 1 aromatic heterocycles. The van der Waals surface area contributed by atoms with E-state index in [1.807, 2.05) is 11.6 Å². The molecule has 3 rings (SSSR count). The summed E-state index contributed by atoms with van der Waals surface area (Å²) in [6.45, 7) is 0.673. The number of likely N-dealkylation sites (tertiary alicyclic amines) is 1. The number of halogens is 1. The van der Waals surface area contributed by atoms with Crippen molar-refractivity contribution in [3.63, 3.8) is 0 Å². The van der Waals surface area contributed by atoms with Gasteiger partial charge in [0.05, 0.1) is 23.9 Å². The number of methoxy groups -OCH3 is 1. The van der Waals surface area contributed by atoms with Crippen molar-refractivity contribution in [1.29, 1.82) is 0 Å². The monoisotopic (exact) mass is 335 g/mol.